The van der Waals surface area contributed by atoms with E-state index in [9.17, 15) is 9.59 Å². The minimum absolute atomic E-state index is 0.0289. The first-order chi connectivity index (χ1) is 8.66. The van der Waals surface area contributed by atoms with Crippen LogP contribution in [0.15, 0.2) is 6.20 Å². The van der Waals surface area contributed by atoms with Crippen molar-refractivity contribution in [1.29, 1.82) is 0 Å². The van der Waals surface area contributed by atoms with Crippen LogP contribution in [0.2, 0.25) is 0 Å². The van der Waals surface area contributed by atoms with Gasteiger partial charge in [-0.15, -0.1) is 5.10 Å². The van der Waals surface area contributed by atoms with Crippen molar-refractivity contribution >= 4 is 11.9 Å². The lowest BCUT2D eigenvalue weighted by Gasteiger charge is -2.19. The average molecular weight is 252 g/mol. The largest absolute Gasteiger partial charge is 0.476 e. The normalized spacial score (nSPS) is 16.3. The number of carbonyl (C=O) groups is 2. The van der Waals surface area contributed by atoms with Crippen molar-refractivity contribution < 1.29 is 14.7 Å². The van der Waals surface area contributed by atoms with Gasteiger partial charge in [-0.25, -0.2) is 9.48 Å². The molecule has 1 N–H and O–H groups in total. The lowest BCUT2D eigenvalue weighted by molar-refractivity contribution is -0.132. The van der Waals surface area contributed by atoms with E-state index in [1.165, 1.54) is 10.9 Å². The Morgan fingerprint density at radius 1 is 1.22 bits per heavy atom. The standard InChI is InChI=1S/C11H16N4O3/c16-10(14-5-3-1-2-4-6-14)8-15-7-9(11(17)18)12-13-15/h7H,1-6,8H2,(H,17,18). The van der Waals surface area contributed by atoms with Crippen LogP contribution in [-0.4, -0.2) is 50.0 Å². The van der Waals surface area contributed by atoms with Crippen LogP contribution in [0, 0.1) is 0 Å². The summed E-state index contributed by atoms with van der Waals surface area (Å²) in [6.45, 7) is 1.61. The molecule has 0 unspecified atom stereocenters. The van der Waals surface area contributed by atoms with Crippen LogP contribution in [-0.2, 0) is 11.3 Å². The van der Waals surface area contributed by atoms with E-state index in [0.717, 1.165) is 38.8 Å². The van der Waals surface area contributed by atoms with Crippen molar-refractivity contribution in [2.45, 2.75) is 32.2 Å². The van der Waals surface area contributed by atoms with Gasteiger partial charge in [-0.1, -0.05) is 18.1 Å². The summed E-state index contributed by atoms with van der Waals surface area (Å²) in [5.74, 6) is -1.16. The maximum Gasteiger partial charge on any atom is 0.358 e. The van der Waals surface area contributed by atoms with E-state index in [1.54, 1.807) is 0 Å². The van der Waals surface area contributed by atoms with Gasteiger partial charge in [0.2, 0.25) is 5.91 Å². The van der Waals surface area contributed by atoms with Gasteiger partial charge in [0.05, 0.1) is 6.20 Å². The zero-order valence-electron chi connectivity index (χ0n) is 10.1. The SMILES string of the molecule is O=C(O)c1cn(CC(=O)N2CCCCCC2)nn1. The van der Waals surface area contributed by atoms with Crippen LogP contribution in [0.5, 0.6) is 0 Å². The van der Waals surface area contributed by atoms with Crippen LogP contribution in [0.25, 0.3) is 0 Å². The molecule has 1 saturated heterocycles. The van der Waals surface area contributed by atoms with Gasteiger partial charge < -0.3 is 10.0 Å². The van der Waals surface area contributed by atoms with E-state index in [-0.39, 0.29) is 18.1 Å². The zero-order chi connectivity index (χ0) is 13.0. The number of carbonyl (C=O) groups excluding carboxylic acids is 1. The van der Waals surface area contributed by atoms with Crippen molar-refractivity contribution in [2.75, 3.05) is 13.1 Å². The lowest BCUT2D eigenvalue weighted by Crippen LogP contribution is -2.34. The number of nitrogens with zero attached hydrogens (tertiary/aromatic N) is 4. The molecule has 0 saturated carbocycles. The minimum atomic E-state index is -1.14. The number of carboxylic acid groups (broad SMARTS) is 1. The summed E-state index contributed by atoms with van der Waals surface area (Å²) in [7, 11) is 0. The van der Waals surface area contributed by atoms with E-state index in [0.29, 0.717) is 0 Å². The second-order valence-corrected chi connectivity index (χ2v) is 4.40. The number of carboxylic acids is 1. The highest BCUT2D eigenvalue weighted by Gasteiger charge is 2.17. The summed E-state index contributed by atoms with van der Waals surface area (Å²) in [5.41, 5.74) is -0.140. The highest BCUT2D eigenvalue weighted by molar-refractivity contribution is 5.84. The number of likely N-dealkylation sites (tertiary alicyclic amines) is 1. The fourth-order valence-electron chi connectivity index (χ4n) is 2.03. The third-order valence-electron chi connectivity index (χ3n) is 3.01. The number of aromatic carboxylic acids is 1. The van der Waals surface area contributed by atoms with Gasteiger partial charge in [-0.3, -0.25) is 4.79 Å². The predicted molar refractivity (Wildman–Crippen MR) is 62.0 cm³/mol. The van der Waals surface area contributed by atoms with Crippen LogP contribution >= 0.6 is 0 Å². The fourth-order valence-corrected chi connectivity index (χ4v) is 2.03. The third-order valence-corrected chi connectivity index (χ3v) is 3.01. The number of aromatic nitrogens is 3. The Bertz CT molecular complexity index is 435. The van der Waals surface area contributed by atoms with E-state index < -0.39 is 5.97 Å². The Morgan fingerprint density at radius 3 is 2.44 bits per heavy atom. The lowest BCUT2D eigenvalue weighted by atomic mass is 10.2. The van der Waals surface area contributed by atoms with Gasteiger partial charge in [-0.05, 0) is 12.8 Å². The molecule has 7 heteroatoms. The summed E-state index contributed by atoms with van der Waals surface area (Å²) in [5, 5.41) is 15.8. The molecule has 1 fully saturated rings. The molecule has 1 aromatic rings. The maximum absolute atomic E-state index is 12.0. The summed E-state index contributed by atoms with van der Waals surface area (Å²) in [4.78, 5) is 24.4. The van der Waals surface area contributed by atoms with Gasteiger partial charge in [0.15, 0.2) is 5.69 Å². The van der Waals surface area contributed by atoms with Crippen molar-refractivity contribution in [2.24, 2.45) is 0 Å². The maximum atomic E-state index is 12.0. The highest BCUT2D eigenvalue weighted by atomic mass is 16.4. The number of hydrogen-bond acceptors (Lipinski definition) is 4. The minimum Gasteiger partial charge on any atom is -0.476 e. The van der Waals surface area contributed by atoms with Crippen molar-refractivity contribution in [1.82, 2.24) is 19.9 Å². The Balaban J connectivity index is 1.94. The molecule has 0 atom stereocenters. The van der Waals surface area contributed by atoms with Crippen LogP contribution in [0.4, 0.5) is 0 Å². The first-order valence-corrected chi connectivity index (χ1v) is 6.08. The first-order valence-electron chi connectivity index (χ1n) is 6.08. The molecule has 98 valence electrons. The number of amides is 1. The Hall–Kier alpha value is -1.92. The fraction of sp³-hybridized carbons (Fsp3) is 0.636. The number of rotatable bonds is 3. The van der Waals surface area contributed by atoms with E-state index >= 15 is 0 Å². The van der Waals surface area contributed by atoms with E-state index in [2.05, 4.69) is 10.3 Å². The van der Waals surface area contributed by atoms with Crippen molar-refractivity contribution in [3.63, 3.8) is 0 Å². The van der Waals surface area contributed by atoms with Crippen LogP contribution in [0.1, 0.15) is 36.2 Å². The second-order valence-electron chi connectivity index (χ2n) is 4.40. The molecule has 0 aliphatic carbocycles. The van der Waals surface area contributed by atoms with E-state index in [1.807, 2.05) is 4.90 Å². The Kier molecular flexibility index (Phi) is 3.91. The van der Waals surface area contributed by atoms with Crippen LogP contribution < -0.4 is 0 Å². The molecule has 1 aliphatic heterocycles. The van der Waals surface area contributed by atoms with Crippen molar-refractivity contribution in [3.8, 4) is 0 Å². The monoisotopic (exact) mass is 252 g/mol. The second kappa shape index (κ2) is 5.61. The molecular formula is C11H16N4O3. The molecule has 1 aliphatic rings. The van der Waals surface area contributed by atoms with E-state index in [4.69, 9.17) is 5.11 Å². The number of hydrogen-bond donors (Lipinski definition) is 1. The molecule has 1 aromatic heterocycles. The Labute approximate surface area is 104 Å². The Morgan fingerprint density at radius 2 is 1.89 bits per heavy atom. The average Bonchev–Trinajstić information content (AvgIpc) is 2.64. The molecule has 2 rings (SSSR count). The molecule has 2 heterocycles. The predicted octanol–water partition coefficient (Wildman–Crippen LogP) is 0.379. The molecular weight excluding hydrogens is 236 g/mol. The summed E-state index contributed by atoms with van der Waals surface area (Å²) < 4.78 is 1.27. The third kappa shape index (κ3) is 3.06. The molecule has 7 nitrogen and oxygen atoms in total. The highest BCUT2D eigenvalue weighted by Crippen LogP contribution is 2.10. The molecule has 0 bridgehead atoms. The van der Waals surface area contributed by atoms with Gasteiger partial charge in [-0.2, -0.15) is 0 Å². The molecule has 18 heavy (non-hydrogen) atoms. The summed E-state index contributed by atoms with van der Waals surface area (Å²) >= 11 is 0. The quantitative estimate of drug-likeness (QED) is 0.840. The van der Waals surface area contributed by atoms with Gasteiger partial charge in [0.1, 0.15) is 6.54 Å². The topological polar surface area (TPSA) is 88.3 Å². The van der Waals surface area contributed by atoms with Gasteiger partial charge >= 0.3 is 5.97 Å². The summed E-state index contributed by atoms with van der Waals surface area (Å²) in [6, 6.07) is 0. The smallest absolute Gasteiger partial charge is 0.358 e. The summed E-state index contributed by atoms with van der Waals surface area (Å²) in [6.07, 6.45) is 5.66. The zero-order valence-corrected chi connectivity index (χ0v) is 10.1. The van der Waals surface area contributed by atoms with Crippen LogP contribution in [0.3, 0.4) is 0 Å². The molecule has 0 radical (unpaired) electrons. The van der Waals surface area contributed by atoms with Gasteiger partial charge in [0.25, 0.3) is 0 Å². The van der Waals surface area contributed by atoms with Crippen molar-refractivity contribution in [3.05, 3.63) is 11.9 Å². The molecule has 1 amide bonds. The van der Waals surface area contributed by atoms with Gasteiger partial charge in [0, 0.05) is 13.1 Å². The molecule has 0 spiro atoms. The molecule has 0 aromatic carbocycles. The first kappa shape index (κ1) is 12.5.